The number of hydrogen-bond donors (Lipinski definition) is 1. The van der Waals surface area contributed by atoms with Crippen LogP contribution in [0.15, 0.2) is 46.9 Å². The summed E-state index contributed by atoms with van der Waals surface area (Å²) in [6, 6.07) is 13.0. The van der Waals surface area contributed by atoms with Crippen LogP contribution in [0.5, 0.6) is 11.5 Å². The highest BCUT2D eigenvalue weighted by Crippen LogP contribution is 2.27. The number of ether oxygens (including phenoxy) is 2. The Hall–Kier alpha value is -2.45. The van der Waals surface area contributed by atoms with Gasteiger partial charge in [0.1, 0.15) is 16.5 Å². The average Bonchev–Trinajstić information content (AvgIpc) is 3.11. The van der Waals surface area contributed by atoms with Crippen LogP contribution >= 0.6 is 27.3 Å². The quantitative estimate of drug-likeness (QED) is 0.626. The Kier molecular flexibility index (Phi) is 5.85. The van der Waals surface area contributed by atoms with Gasteiger partial charge in [-0.1, -0.05) is 27.3 Å². The van der Waals surface area contributed by atoms with Crippen molar-refractivity contribution >= 4 is 38.3 Å². The average molecular weight is 434 g/mol. The second-order valence-corrected chi connectivity index (χ2v) is 7.22. The van der Waals surface area contributed by atoms with Crippen LogP contribution in [0.25, 0.3) is 10.6 Å². The molecule has 8 heteroatoms. The first-order valence-electron chi connectivity index (χ1n) is 7.72. The molecule has 0 saturated heterocycles. The first-order chi connectivity index (χ1) is 12.5. The highest BCUT2D eigenvalue weighted by Gasteiger charge is 2.11. The van der Waals surface area contributed by atoms with Gasteiger partial charge in [-0.2, -0.15) is 0 Å². The lowest BCUT2D eigenvalue weighted by Crippen LogP contribution is -2.20. The van der Waals surface area contributed by atoms with E-state index in [0.717, 1.165) is 21.3 Å². The summed E-state index contributed by atoms with van der Waals surface area (Å²) in [5, 5.41) is 11.9. The number of anilines is 1. The zero-order valence-corrected chi connectivity index (χ0v) is 16.6. The van der Waals surface area contributed by atoms with E-state index in [9.17, 15) is 4.79 Å². The Bertz CT molecular complexity index is 912. The van der Waals surface area contributed by atoms with Gasteiger partial charge in [0.15, 0.2) is 6.61 Å². The van der Waals surface area contributed by atoms with Gasteiger partial charge < -0.3 is 9.47 Å². The number of nitrogens with zero attached hydrogens (tertiary/aromatic N) is 2. The minimum Gasteiger partial charge on any atom is -0.497 e. The van der Waals surface area contributed by atoms with Gasteiger partial charge in [-0.25, -0.2) is 0 Å². The van der Waals surface area contributed by atoms with Crippen molar-refractivity contribution in [3.63, 3.8) is 0 Å². The Morgan fingerprint density at radius 1 is 1.15 bits per heavy atom. The van der Waals surface area contributed by atoms with Crippen LogP contribution in [-0.4, -0.2) is 29.8 Å². The number of carbonyl (C=O) groups is 1. The van der Waals surface area contributed by atoms with Crippen molar-refractivity contribution in [1.29, 1.82) is 0 Å². The monoisotopic (exact) mass is 433 g/mol. The summed E-state index contributed by atoms with van der Waals surface area (Å²) in [7, 11) is 1.62. The van der Waals surface area contributed by atoms with Gasteiger partial charge in [0, 0.05) is 10.0 Å². The van der Waals surface area contributed by atoms with E-state index in [-0.39, 0.29) is 12.5 Å². The van der Waals surface area contributed by atoms with Crippen molar-refractivity contribution in [2.24, 2.45) is 0 Å². The smallest absolute Gasteiger partial charge is 0.264 e. The maximum Gasteiger partial charge on any atom is 0.264 e. The summed E-state index contributed by atoms with van der Waals surface area (Å²) >= 11 is 4.72. The van der Waals surface area contributed by atoms with Crippen molar-refractivity contribution in [3.05, 3.63) is 52.5 Å². The van der Waals surface area contributed by atoms with Crippen LogP contribution in [0.4, 0.5) is 5.13 Å². The molecule has 0 radical (unpaired) electrons. The van der Waals surface area contributed by atoms with Gasteiger partial charge in [-0.15, -0.1) is 10.2 Å². The lowest BCUT2D eigenvalue weighted by Gasteiger charge is -2.07. The number of nitrogens with one attached hydrogen (secondary N) is 1. The van der Waals surface area contributed by atoms with Gasteiger partial charge in [-0.05, 0) is 55.0 Å². The molecular weight excluding hydrogens is 418 g/mol. The number of amides is 1. The standard InChI is InChI=1S/C18H16BrN3O3S/c1-11-9-14(7-8-15(11)19)25-10-16(23)20-18-22-21-17(26-18)12-3-5-13(24-2)6-4-12/h3-9H,10H2,1-2H3,(H,20,22,23). The summed E-state index contributed by atoms with van der Waals surface area (Å²) in [6.07, 6.45) is 0. The Morgan fingerprint density at radius 2 is 1.88 bits per heavy atom. The molecular formula is C18H16BrN3O3S. The molecule has 134 valence electrons. The molecule has 1 heterocycles. The van der Waals surface area contributed by atoms with Crippen LogP contribution in [0, 0.1) is 6.92 Å². The molecule has 0 saturated carbocycles. The van der Waals surface area contributed by atoms with Crippen LogP contribution in [-0.2, 0) is 4.79 Å². The molecule has 0 atom stereocenters. The normalized spacial score (nSPS) is 10.4. The second-order valence-electron chi connectivity index (χ2n) is 5.39. The molecule has 2 aromatic carbocycles. The number of carbonyl (C=O) groups excluding carboxylic acids is 1. The summed E-state index contributed by atoms with van der Waals surface area (Å²) < 4.78 is 11.6. The van der Waals surface area contributed by atoms with Crippen molar-refractivity contribution < 1.29 is 14.3 Å². The van der Waals surface area contributed by atoms with E-state index in [4.69, 9.17) is 9.47 Å². The van der Waals surface area contributed by atoms with Crippen LogP contribution in [0.2, 0.25) is 0 Å². The third-order valence-corrected chi connectivity index (χ3v) is 5.29. The van der Waals surface area contributed by atoms with Crippen molar-refractivity contribution in [2.75, 3.05) is 19.0 Å². The molecule has 0 aliphatic carbocycles. The molecule has 0 spiro atoms. The molecule has 0 aliphatic heterocycles. The molecule has 1 amide bonds. The number of halogens is 1. The van der Waals surface area contributed by atoms with E-state index in [1.165, 1.54) is 11.3 Å². The Morgan fingerprint density at radius 3 is 2.58 bits per heavy atom. The third kappa shape index (κ3) is 4.59. The summed E-state index contributed by atoms with van der Waals surface area (Å²) in [6.45, 7) is 1.86. The van der Waals surface area contributed by atoms with Crippen molar-refractivity contribution in [1.82, 2.24) is 10.2 Å². The second kappa shape index (κ2) is 8.29. The molecule has 1 N–H and O–H groups in total. The Labute approximate surface area is 163 Å². The summed E-state index contributed by atoms with van der Waals surface area (Å²) in [5.74, 6) is 1.12. The fourth-order valence-corrected chi connectivity index (χ4v) is 3.15. The first kappa shape index (κ1) is 18.3. The summed E-state index contributed by atoms with van der Waals surface area (Å²) in [4.78, 5) is 12.0. The molecule has 26 heavy (non-hydrogen) atoms. The summed E-state index contributed by atoms with van der Waals surface area (Å²) in [5.41, 5.74) is 1.95. The van der Waals surface area contributed by atoms with Crippen LogP contribution < -0.4 is 14.8 Å². The van der Waals surface area contributed by atoms with Gasteiger partial charge in [0.05, 0.1) is 7.11 Å². The molecule has 0 aliphatic rings. The van der Waals surface area contributed by atoms with Crippen LogP contribution in [0.3, 0.4) is 0 Å². The minimum absolute atomic E-state index is 0.0987. The maximum atomic E-state index is 12.0. The lowest BCUT2D eigenvalue weighted by atomic mass is 10.2. The van der Waals surface area contributed by atoms with Gasteiger partial charge in [0.25, 0.3) is 5.91 Å². The highest BCUT2D eigenvalue weighted by molar-refractivity contribution is 9.10. The van der Waals surface area contributed by atoms with Crippen molar-refractivity contribution in [3.8, 4) is 22.1 Å². The van der Waals surface area contributed by atoms with Crippen molar-refractivity contribution in [2.45, 2.75) is 6.92 Å². The third-order valence-electron chi connectivity index (χ3n) is 3.51. The van der Waals surface area contributed by atoms with Crippen LogP contribution in [0.1, 0.15) is 5.56 Å². The molecule has 1 aromatic heterocycles. The van der Waals surface area contributed by atoms with E-state index < -0.39 is 0 Å². The van der Waals surface area contributed by atoms with Gasteiger partial charge in [-0.3, -0.25) is 10.1 Å². The molecule has 0 fully saturated rings. The van der Waals surface area contributed by atoms with E-state index in [1.807, 2.05) is 43.3 Å². The van der Waals surface area contributed by atoms with E-state index in [1.54, 1.807) is 13.2 Å². The van der Waals surface area contributed by atoms with E-state index >= 15 is 0 Å². The predicted octanol–water partition coefficient (Wildman–Crippen LogP) is 4.30. The molecule has 0 unspecified atom stereocenters. The molecule has 0 bridgehead atoms. The number of hydrogen-bond acceptors (Lipinski definition) is 6. The SMILES string of the molecule is COc1ccc(-c2nnc(NC(=O)COc3ccc(Br)c(C)c3)s2)cc1. The fourth-order valence-electron chi connectivity index (χ4n) is 2.14. The number of methoxy groups -OCH3 is 1. The zero-order chi connectivity index (χ0) is 18.5. The number of rotatable bonds is 6. The maximum absolute atomic E-state index is 12.0. The molecule has 3 aromatic rings. The number of benzene rings is 2. The zero-order valence-electron chi connectivity index (χ0n) is 14.2. The lowest BCUT2D eigenvalue weighted by molar-refractivity contribution is -0.118. The Balaban J connectivity index is 1.57. The highest BCUT2D eigenvalue weighted by atomic mass is 79.9. The number of aromatic nitrogens is 2. The minimum atomic E-state index is -0.289. The first-order valence-corrected chi connectivity index (χ1v) is 9.33. The molecule has 3 rings (SSSR count). The predicted molar refractivity (Wildman–Crippen MR) is 105 cm³/mol. The number of aryl methyl sites for hydroxylation is 1. The van der Waals surface area contributed by atoms with Gasteiger partial charge in [0.2, 0.25) is 5.13 Å². The fraction of sp³-hybridized carbons (Fsp3) is 0.167. The van der Waals surface area contributed by atoms with E-state index in [2.05, 4.69) is 31.4 Å². The van der Waals surface area contributed by atoms with E-state index in [0.29, 0.717) is 15.9 Å². The molecule has 6 nitrogen and oxygen atoms in total. The largest absolute Gasteiger partial charge is 0.497 e. The topological polar surface area (TPSA) is 73.3 Å². The van der Waals surface area contributed by atoms with Gasteiger partial charge >= 0.3 is 0 Å².